The maximum absolute atomic E-state index is 12.1. The van der Waals surface area contributed by atoms with Crippen LogP contribution in [-0.4, -0.2) is 20.4 Å². The maximum atomic E-state index is 12.1. The van der Waals surface area contributed by atoms with Gasteiger partial charge in [-0.2, -0.15) is 4.98 Å². The van der Waals surface area contributed by atoms with Gasteiger partial charge in [-0.05, 0) is 38.6 Å². The van der Waals surface area contributed by atoms with Crippen LogP contribution in [0.15, 0.2) is 39.8 Å². The minimum Gasteiger partial charge on any atom is -0.431 e. The molecular formula is C13H17N3O3S. The number of aromatic nitrogens is 1. The smallest absolute Gasteiger partial charge is 0.309 e. The van der Waals surface area contributed by atoms with Gasteiger partial charge in [-0.1, -0.05) is 12.1 Å². The molecule has 20 heavy (non-hydrogen) atoms. The lowest BCUT2D eigenvalue weighted by Crippen LogP contribution is -2.15. The molecular weight excluding hydrogens is 278 g/mol. The predicted octanol–water partition coefficient (Wildman–Crippen LogP) is 2.06. The summed E-state index contributed by atoms with van der Waals surface area (Å²) in [5, 5.41) is 3.09. The average Bonchev–Trinajstić information content (AvgIpc) is 2.82. The zero-order chi connectivity index (χ0) is 14.8. The van der Waals surface area contributed by atoms with Crippen LogP contribution in [0.5, 0.6) is 0 Å². The van der Waals surface area contributed by atoms with Crippen LogP contribution in [0.25, 0.3) is 0 Å². The second-order valence-corrected chi connectivity index (χ2v) is 6.16. The molecule has 1 aromatic carbocycles. The number of oxazole rings is 1. The van der Waals surface area contributed by atoms with Crippen LogP contribution >= 0.6 is 0 Å². The summed E-state index contributed by atoms with van der Waals surface area (Å²) in [4.78, 5) is 4.08. The van der Waals surface area contributed by atoms with Crippen LogP contribution < -0.4 is 10.0 Å². The highest BCUT2D eigenvalue weighted by Crippen LogP contribution is 2.18. The van der Waals surface area contributed by atoms with Crippen molar-refractivity contribution >= 4 is 16.0 Å². The van der Waals surface area contributed by atoms with Crippen molar-refractivity contribution in [3.8, 4) is 0 Å². The minimum absolute atomic E-state index is 0.0323. The average molecular weight is 295 g/mol. The Morgan fingerprint density at radius 1 is 1.25 bits per heavy atom. The van der Waals surface area contributed by atoms with E-state index < -0.39 is 10.0 Å². The van der Waals surface area contributed by atoms with Gasteiger partial charge in [0, 0.05) is 6.04 Å². The Morgan fingerprint density at radius 3 is 2.40 bits per heavy atom. The Labute approximate surface area is 118 Å². The molecule has 1 atom stereocenters. The molecule has 6 nitrogen and oxygen atoms in total. The van der Waals surface area contributed by atoms with Crippen molar-refractivity contribution in [2.24, 2.45) is 0 Å². The van der Waals surface area contributed by atoms with E-state index in [-0.39, 0.29) is 17.0 Å². The lowest BCUT2D eigenvalue weighted by Gasteiger charge is -2.11. The molecule has 2 N–H and O–H groups in total. The number of benzene rings is 1. The van der Waals surface area contributed by atoms with Gasteiger partial charge in [0.2, 0.25) is 0 Å². The van der Waals surface area contributed by atoms with Crippen molar-refractivity contribution in [1.82, 2.24) is 10.3 Å². The van der Waals surface area contributed by atoms with Crippen molar-refractivity contribution in [3.05, 3.63) is 41.8 Å². The number of nitrogens with zero attached hydrogens (tertiary/aromatic N) is 1. The van der Waals surface area contributed by atoms with E-state index in [1.807, 2.05) is 14.0 Å². The van der Waals surface area contributed by atoms with Crippen molar-refractivity contribution in [3.63, 3.8) is 0 Å². The predicted molar refractivity (Wildman–Crippen MR) is 76.0 cm³/mol. The topological polar surface area (TPSA) is 84.2 Å². The van der Waals surface area contributed by atoms with Gasteiger partial charge < -0.3 is 9.73 Å². The van der Waals surface area contributed by atoms with Crippen molar-refractivity contribution in [2.45, 2.75) is 24.8 Å². The molecule has 1 heterocycles. The highest BCUT2D eigenvalue weighted by atomic mass is 32.2. The number of hydrogen-bond acceptors (Lipinski definition) is 5. The minimum atomic E-state index is -3.68. The molecule has 7 heteroatoms. The fourth-order valence-corrected chi connectivity index (χ4v) is 2.61. The molecule has 0 spiro atoms. The number of anilines is 1. The quantitative estimate of drug-likeness (QED) is 0.882. The first-order valence-electron chi connectivity index (χ1n) is 6.14. The third-order valence-corrected chi connectivity index (χ3v) is 4.30. The lowest BCUT2D eigenvalue weighted by atomic mass is 10.1. The van der Waals surface area contributed by atoms with Crippen LogP contribution in [0.2, 0.25) is 0 Å². The first-order chi connectivity index (χ1) is 9.42. The second-order valence-electron chi connectivity index (χ2n) is 4.48. The van der Waals surface area contributed by atoms with E-state index in [0.717, 1.165) is 5.56 Å². The highest BCUT2D eigenvalue weighted by Gasteiger charge is 2.17. The van der Waals surface area contributed by atoms with Gasteiger partial charge in [-0.25, -0.2) is 13.1 Å². The largest absolute Gasteiger partial charge is 0.431 e. The molecule has 0 bridgehead atoms. The summed E-state index contributed by atoms with van der Waals surface area (Å²) < 4.78 is 31.6. The summed E-state index contributed by atoms with van der Waals surface area (Å²) in [6, 6.07) is 6.79. The van der Waals surface area contributed by atoms with Gasteiger partial charge in [-0.3, -0.25) is 0 Å². The van der Waals surface area contributed by atoms with Crippen LogP contribution in [0.4, 0.5) is 6.01 Å². The van der Waals surface area contributed by atoms with Gasteiger partial charge in [-0.15, -0.1) is 0 Å². The second kappa shape index (κ2) is 5.64. The third-order valence-electron chi connectivity index (χ3n) is 2.96. The van der Waals surface area contributed by atoms with Crippen molar-refractivity contribution in [1.29, 1.82) is 0 Å². The first-order valence-corrected chi connectivity index (χ1v) is 7.63. The Balaban J connectivity index is 2.21. The summed E-state index contributed by atoms with van der Waals surface area (Å²) in [5.74, 6) is 0. The maximum Gasteiger partial charge on any atom is 0.309 e. The molecule has 0 aliphatic heterocycles. The summed E-state index contributed by atoms with van der Waals surface area (Å²) >= 11 is 0. The SMILES string of the molecule is CNC(C)c1ccc(S(=O)(=O)Nc2nc(C)co2)cc1. The van der Waals surface area contributed by atoms with E-state index >= 15 is 0 Å². The standard InChI is InChI=1S/C13H17N3O3S/c1-9-8-19-13(15-9)16-20(17,18)12-6-4-11(5-7-12)10(2)14-3/h4-8,10,14H,1-3H3,(H,15,16). The van der Waals surface area contributed by atoms with Gasteiger partial charge in [0.25, 0.3) is 10.0 Å². The molecule has 1 unspecified atom stereocenters. The molecule has 0 saturated heterocycles. The van der Waals surface area contributed by atoms with Crippen LogP contribution in [0.3, 0.4) is 0 Å². The van der Waals surface area contributed by atoms with E-state index in [4.69, 9.17) is 4.42 Å². The molecule has 0 saturated carbocycles. The number of hydrogen-bond donors (Lipinski definition) is 2. The zero-order valence-corrected chi connectivity index (χ0v) is 12.4. The van der Waals surface area contributed by atoms with E-state index in [0.29, 0.717) is 5.69 Å². The molecule has 0 aliphatic rings. The number of aryl methyl sites for hydroxylation is 1. The molecule has 0 amide bonds. The zero-order valence-electron chi connectivity index (χ0n) is 11.5. The molecule has 108 valence electrons. The van der Waals surface area contributed by atoms with Crippen LogP contribution in [0.1, 0.15) is 24.2 Å². The molecule has 2 aromatic rings. The molecule has 0 fully saturated rings. The molecule has 0 radical (unpaired) electrons. The van der Waals surface area contributed by atoms with E-state index in [2.05, 4.69) is 15.0 Å². The van der Waals surface area contributed by atoms with Gasteiger partial charge in [0.15, 0.2) is 0 Å². The van der Waals surface area contributed by atoms with E-state index in [9.17, 15) is 8.42 Å². The molecule has 0 aliphatic carbocycles. The lowest BCUT2D eigenvalue weighted by molar-refractivity contribution is 0.569. The highest BCUT2D eigenvalue weighted by molar-refractivity contribution is 7.92. The Morgan fingerprint density at radius 2 is 1.90 bits per heavy atom. The monoisotopic (exact) mass is 295 g/mol. The normalized spacial score (nSPS) is 13.2. The molecule has 1 aromatic heterocycles. The Kier molecular flexibility index (Phi) is 4.10. The van der Waals surface area contributed by atoms with Gasteiger partial charge in [0.05, 0.1) is 10.6 Å². The van der Waals surface area contributed by atoms with E-state index in [1.165, 1.54) is 6.26 Å². The summed E-state index contributed by atoms with van der Waals surface area (Å²) in [6.07, 6.45) is 1.38. The van der Waals surface area contributed by atoms with Gasteiger partial charge >= 0.3 is 6.01 Å². The van der Waals surface area contributed by atoms with Crippen molar-refractivity contribution < 1.29 is 12.8 Å². The first kappa shape index (κ1) is 14.5. The Bertz CT molecular complexity index is 677. The van der Waals surface area contributed by atoms with Crippen molar-refractivity contribution in [2.75, 3.05) is 11.8 Å². The third kappa shape index (κ3) is 3.17. The number of nitrogens with one attached hydrogen (secondary N) is 2. The fourth-order valence-electron chi connectivity index (χ4n) is 1.68. The fraction of sp³-hybridized carbons (Fsp3) is 0.308. The Hall–Kier alpha value is -1.86. The number of rotatable bonds is 5. The molecule has 2 rings (SSSR count). The number of sulfonamides is 1. The van der Waals surface area contributed by atoms with E-state index in [1.54, 1.807) is 31.2 Å². The van der Waals surface area contributed by atoms with Crippen LogP contribution in [0, 0.1) is 6.92 Å². The summed E-state index contributed by atoms with van der Waals surface area (Å²) in [7, 11) is -1.83. The van der Waals surface area contributed by atoms with Crippen LogP contribution in [-0.2, 0) is 10.0 Å². The summed E-state index contributed by atoms with van der Waals surface area (Å²) in [5.41, 5.74) is 1.62. The summed E-state index contributed by atoms with van der Waals surface area (Å²) in [6.45, 7) is 3.71. The van der Waals surface area contributed by atoms with Gasteiger partial charge in [0.1, 0.15) is 6.26 Å².